The Hall–Kier alpha value is -3.19. The van der Waals surface area contributed by atoms with Gasteiger partial charge in [-0.1, -0.05) is 60.7 Å². The van der Waals surface area contributed by atoms with Crippen molar-refractivity contribution >= 4 is 11.9 Å². The van der Waals surface area contributed by atoms with E-state index in [1.807, 2.05) is 72.9 Å². The number of hydrogen-bond donors (Lipinski definition) is 1. The van der Waals surface area contributed by atoms with E-state index < -0.39 is 5.41 Å². The monoisotopic (exact) mass is 551 g/mol. The molecule has 36 heavy (non-hydrogen) atoms. The number of aromatic nitrogens is 2. The van der Waals surface area contributed by atoms with Gasteiger partial charge in [-0.3, -0.25) is 4.79 Å². The molecule has 1 fully saturated rings. The molecule has 190 valence electrons. The minimum Gasteiger partial charge on any atom is -1.00 e. The van der Waals surface area contributed by atoms with Crippen LogP contribution in [0.1, 0.15) is 49.2 Å². The van der Waals surface area contributed by atoms with Crippen LogP contribution in [0.5, 0.6) is 0 Å². The molecule has 0 unspecified atom stereocenters. The molecule has 1 aliphatic rings. The maximum Gasteiger partial charge on any atom is 0.330 e. The normalized spacial score (nSPS) is 17.6. The van der Waals surface area contributed by atoms with Crippen molar-refractivity contribution in [2.45, 2.75) is 51.1 Å². The van der Waals surface area contributed by atoms with Crippen LogP contribution in [0.3, 0.4) is 0 Å². The number of rotatable bonds is 9. The van der Waals surface area contributed by atoms with E-state index in [9.17, 15) is 9.59 Å². The van der Waals surface area contributed by atoms with E-state index >= 15 is 0 Å². The van der Waals surface area contributed by atoms with Crippen LogP contribution in [0, 0.1) is 12.8 Å². The number of carbonyl (C=O) groups excluding carboxylic acids is 2. The zero-order chi connectivity index (χ0) is 24.8. The van der Waals surface area contributed by atoms with Crippen LogP contribution in [0.4, 0.5) is 0 Å². The van der Waals surface area contributed by atoms with Crippen molar-refractivity contribution in [2.24, 2.45) is 11.7 Å². The summed E-state index contributed by atoms with van der Waals surface area (Å²) < 4.78 is 9.36. The van der Waals surface area contributed by atoms with Crippen LogP contribution >= 0.6 is 0 Å². The molecule has 6 nitrogen and oxygen atoms in total. The molecule has 2 aromatic carbocycles. The second-order valence-corrected chi connectivity index (χ2v) is 9.13. The van der Waals surface area contributed by atoms with E-state index in [0.29, 0.717) is 13.2 Å². The van der Waals surface area contributed by atoms with Gasteiger partial charge >= 0.3 is 5.97 Å². The number of nitrogens with two attached hydrogens (primary N) is 1. The summed E-state index contributed by atoms with van der Waals surface area (Å²) in [7, 11) is 0. The quantitative estimate of drug-likeness (QED) is 0.245. The van der Waals surface area contributed by atoms with Crippen LogP contribution in [-0.4, -0.2) is 23.1 Å². The van der Waals surface area contributed by atoms with Gasteiger partial charge in [-0.25, -0.2) is 13.9 Å². The Bertz CT molecular complexity index is 1150. The predicted molar refractivity (Wildman–Crippen MR) is 134 cm³/mol. The Balaban J connectivity index is 0.00000361. The third kappa shape index (κ3) is 5.31. The summed E-state index contributed by atoms with van der Waals surface area (Å²) in [5.74, 6) is 0.555. The topological polar surface area (TPSA) is 78.2 Å². The van der Waals surface area contributed by atoms with Gasteiger partial charge in [-0.2, -0.15) is 0 Å². The molecular weight excluding hydrogens is 518 g/mol. The summed E-state index contributed by atoms with van der Waals surface area (Å²) in [5, 5.41) is 0. The highest BCUT2D eigenvalue weighted by Crippen LogP contribution is 2.49. The van der Waals surface area contributed by atoms with Gasteiger partial charge in [-0.05, 0) is 49.3 Å². The lowest BCUT2D eigenvalue weighted by Gasteiger charge is -2.37. The van der Waals surface area contributed by atoms with Gasteiger partial charge < -0.3 is 27.5 Å². The van der Waals surface area contributed by atoms with Gasteiger partial charge in [0.15, 0.2) is 0 Å². The highest BCUT2D eigenvalue weighted by atomic mass is 79.9. The fraction of sp³-hybridized carbons (Fsp3) is 0.345. The molecule has 1 amide bonds. The molecule has 2 atom stereocenters. The Labute approximate surface area is 223 Å². The first-order chi connectivity index (χ1) is 17.0. The molecule has 0 aliphatic heterocycles. The van der Waals surface area contributed by atoms with Crippen molar-refractivity contribution in [2.75, 3.05) is 6.61 Å². The fourth-order valence-corrected chi connectivity index (χ4v) is 5.68. The van der Waals surface area contributed by atoms with E-state index in [0.717, 1.165) is 36.2 Å². The number of amides is 1. The van der Waals surface area contributed by atoms with Crippen molar-refractivity contribution in [3.8, 4) is 0 Å². The Morgan fingerprint density at radius 1 is 1.08 bits per heavy atom. The highest BCUT2D eigenvalue weighted by Gasteiger charge is 2.51. The van der Waals surface area contributed by atoms with Gasteiger partial charge in [-0.15, -0.1) is 0 Å². The zero-order valence-corrected chi connectivity index (χ0v) is 22.4. The van der Waals surface area contributed by atoms with Crippen molar-refractivity contribution in [1.29, 1.82) is 0 Å². The molecule has 3 aromatic rings. The zero-order valence-electron chi connectivity index (χ0n) is 20.8. The largest absolute Gasteiger partial charge is 1.00 e. The molecule has 1 aromatic heterocycles. The van der Waals surface area contributed by atoms with Gasteiger partial charge in [0.25, 0.3) is 5.82 Å². The van der Waals surface area contributed by atoms with E-state index in [-0.39, 0.29) is 40.8 Å². The first-order valence-electron chi connectivity index (χ1n) is 12.3. The Morgan fingerprint density at radius 2 is 1.69 bits per heavy atom. The maximum atomic E-state index is 13.3. The standard InChI is InChI=1S/C29H33N3O3.BrH/c1-3-35-27(33)15-10-18-31-19-20-32(22(31)2)26-17-16-25(21-26)29(28(30)34,23-11-6-4-7-12-23)24-13-8-5-9-14-24;/h4-15,19-20,25-26H,3,16-18,21H2,1-2H3,(H-,30,34);1H/b15-10+;/t25-,26+;/m1./s1. The number of benzene rings is 2. The first-order valence-corrected chi connectivity index (χ1v) is 12.3. The third-order valence-corrected chi connectivity index (χ3v) is 7.30. The highest BCUT2D eigenvalue weighted by molar-refractivity contribution is 5.91. The van der Waals surface area contributed by atoms with Crippen LogP contribution in [0.25, 0.3) is 0 Å². The lowest BCUT2D eigenvalue weighted by atomic mass is 9.64. The second kappa shape index (κ2) is 12.2. The van der Waals surface area contributed by atoms with Crippen LogP contribution in [0.15, 0.2) is 85.2 Å². The average Bonchev–Trinajstić information content (AvgIpc) is 3.48. The summed E-state index contributed by atoms with van der Waals surface area (Å²) in [6, 6.07) is 20.2. The van der Waals surface area contributed by atoms with Crippen molar-refractivity contribution in [1.82, 2.24) is 4.57 Å². The van der Waals surface area contributed by atoms with E-state index in [1.54, 1.807) is 6.92 Å². The van der Waals surface area contributed by atoms with Crippen molar-refractivity contribution in [3.63, 3.8) is 0 Å². The van der Waals surface area contributed by atoms with Crippen molar-refractivity contribution < 1.29 is 35.9 Å². The van der Waals surface area contributed by atoms with Crippen molar-refractivity contribution in [3.05, 3.63) is 102 Å². The molecular formula is C29H34BrN3O3. The summed E-state index contributed by atoms with van der Waals surface area (Å²) in [5.41, 5.74) is 7.26. The lowest BCUT2D eigenvalue weighted by molar-refractivity contribution is -0.692. The van der Waals surface area contributed by atoms with E-state index in [2.05, 4.69) is 22.3 Å². The molecule has 1 saturated carbocycles. The van der Waals surface area contributed by atoms with Gasteiger partial charge in [0.1, 0.15) is 30.4 Å². The van der Waals surface area contributed by atoms with Gasteiger partial charge in [0.2, 0.25) is 5.91 Å². The summed E-state index contributed by atoms with van der Waals surface area (Å²) in [6.45, 7) is 4.84. The minimum absolute atomic E-state index is 0. The molecule has 0 radical (unpaired) electrons. The number of nitrogens with zero attached hydrogens (tertiary/aromatic N) is 2. The molecule has 0 bridgehead atoms. The molecule has 0 saturated heterocycles. The van der Waals surface area contributed by atoms with Crippen LogP contribution < -0.4 is 27.3 Å². The van der Waals surface area contributed by atoms with E-state index in [4.69, 9.17) is 10.5 Å². The summed E-state index contributed by atoms with van der Waals surface area (Å²) in [4.78, 5) is 24.9. The minimum atomic E-state index is -0.878. The number of ether oxygens (including phenoxy) is 1. The summed E-state index contributed by atoms with van der Waals surface area (Å²) in [6.07, 6.45) is 10.1. The molecule has 4 rings (SSSR count). The second-order valence-electron chi connectivity index (χ2n) is 9.13. The number of halogens is 1. The van der Waals surface area contributed by atoms with Gasteiger partial charge in [0, 0.05) is 13.0 Å². The maximum absolute atomic E-state index is 13.3. The third-order valence-electron chi connectivity index (χ3n) is 7.30. The number of carbonyl (C=O) groups is 2. The number of imidazole rings is 1. The van der Waals surface area contributed by atoms with Crippen LogP contribution in [-0.2, 0) is 26.3 Å². The molecule has 7 heteroatoms. The first kappa shape index (κ1) is 27.4. The molecule has 0 spiro atoms. The Morgan fingerprint density at radius 3 is 2.25 bits per heavy atom. The van der Waals surface area contributed by atoms with E-state index in [1.165, 1.54) is 6.08 Å². The number of hydrogen-bond acceptors (Lipinski definition) is 3. The smallest absolute Gasteiger partial charge is 0.330 e. The molecule has 1 heterocycles. The fourth-order valence-electron chi connectivity index (χ4n) is 5.68. The number of esters is 1. The van der Waals surface area contributed by atoms with Crippen LogP contribution in [0.2, 0.25) is 0 Å². The lowest BCUT2D eigenvalue weighted by Crippen LogP contribution is -3.00. The number of allylic oxidation sites excluding steroid dienone is 1. The Kier molecular flexibility index (Phi) is 9.26. The average molecular weight is 553 g/mol. The number of primary amides is 1. The predicted octanol–water partition coefficient (Wildman–Crippen LogP) is 1.02. The molecule has 1 aliphatic carbocycles. The summed E-state index contributed by atoms with van der Waals surface area (Å²) >= 11 is 0. The SMILES string of the molecule is CCOC(=O)/C=C/C[n+]1ccn([C@H]2CC[C@@H](C(C(N)=O)(c3ccccc3)c3ccccc3)C2)c1C.[Br-]. The molecule has 2 N–H and O–H groups in total. The van der Waals surface area contributed by atoms with Gasteiger partial charge in [0.05, 0.1) is 6.61 Å².